The van der Waals surface area contributed by atoms with Gasteiger partial charge in [0.2, 0.25) is 17.7 Å². The summed E-state index contributed by atoms with van der Waals surface area (Å²) in [4.78, 5) is 76.1. The maximum absolute atomic E-state index is 13.5. The van der Waals surface area contributed by atoms with Gasteiger partial charge in [0.1, 0.15) is 18.7 Å². The summed E-state index contributed by atoms with van der Waals surface area (Å²) < 4.78 is 5.28. The Morgan fingerprint density at radius 1 is 1.00 bits per heavy atom. The zero-order chi connectivity index (χ0) is 32.9. The van der Waals surface area contributed by atoms with Crippen LogP contribution in [0, 0.1) is 17.3 Å². The summed E-state index contributed by atoms with van der Waals surface area (Å²) in [6.45, 7) is 10.8. The van der Waals surface area contributed by atoms with Gasteiger partial charge in [0, 0.05) is 30.5 Å². The van der Waals surface area contributed by atoms with Crippen molar-refractivity contribution in [3.8, 4) is 0 Å². The summed E-state index contributed by atoms with van der Waals surface area (Å²) in [7, 11) is 0. The molecule has 1 aromatic rings. The number of rotatable bonds is 15. The fourth-order valence-corrected chi connectivity index (χ4v) is 4.42. The molecule has 12 nitrogen and oxygen atoms in total. The molecule has 12 heteroatoms. The molecule has 1 heterocycles. The minimum absolute atomic E-state index is 0.000659. The fourth-order valence-electron chi connectivity index (χ4n) is 4.42. The van der Waals surface area contributed by atoms with E-state index >= 15 is 0 Å². The van der Waals surface area contributed by atoms with E-state index in [1.165, 1.54) is 13.0 Å². The van der Waals surface area contributed by atoms with E-state index in [1.54, 1.807) is 51.1 Å². The molecule has 0 bridgehead atoms. The number of carbonyl (C=O) groups excluding carboxylic acids is 6. The lowest BCUT2D eigenvalue weighted by Crippen LogP contribution is -2.58. The second kappa shape index (κ2) is 17.3. The van der Waals surface area contributed by atoms with Gasteiger partial charge in [0.05, 0.1) is 6.54 Å². The number of alkyl carbamates (subject to hydrolysis) is 1. The third-order valence-corrected chi connectivity index (χ3v) is 6.88. The van der Waals surface area contributed by atoms with Crippen LogP contribution in [-0.2, 0) is 35.3 Å². The SMILES string of the molecule is CC(=O)/C=C/[C@H](C[C@@H]1CNCC1=O)NC(=O)[C@H](CC(C)C)NC(=O)[C@H](CNC(=O)C(C)(C)C)NC(=O)OCc1ccccc1. The molecule has 1 aliphatic rings. The van der Waals surface area contributed by atoms with E-state index in [1.807, 2.05) is 19.9 Å². The predicted molar refractivity (Wildman–Crippen MR) is 165 cm³/mol. The fraction of sp³-hybridized carbons (Fsp3) is 0.562. The molecule has 0 unspecified atom stereocenters. The minimum atomic E-state index is -1.25. The lowest BCUT2D eigenvalue weighted by molar-refractivity contribution is -0.131. The highest BCUT2D eigenvalue weighted by Crippen LogP contribution is 2.15. The highest BCUT2D eigenvalue weighted by atomic mass is 16.5. The third-order valence-electron chi connectivity index (χ3n) is 6.88. The summed E-state index contributed by atoms with van der Waals surface area (Å²) in [6.07, 6.45) is 2.58. The van der Waals surface area contributed by atoms with Crippen LogP contribution < -0.4 is 26.6 Å². The van der Waals surface area contributed by atoms with Crippen molar-refractivity contribution in [3.05, 3.63) is 48.0 Å². The molecule has 4 atom stereocenters. The van der Waals surface area contributed by atoms with Crippen LogP contribution in [0.4, 0.5) is 4.79 Å². The Morgan fingerprint density at radius 2 is 1.66 bits per heavy atom. The van der Waals surface area contributed by atoms with Gasteiger partial charge in [0.15, 0.2) is 11.6 Å². The van der Waals surface area contributed by atoms with E-state index < -0.39 is 41.4 Å². The lowest BCUT2D eigenvalue weighted by atomic mass is 9.95. The summed E-state index contributed by atoms with van der Waals surface area (Å²) in [6, 6.07) is 6.13. The van der Waals surface area contributed by atoms with Gasteiger partial charge >= 0.3 is 6.09 Å². The molecule has 0 saturated carbocycles. The van der Waals surface area contributed by atoms with Crippen LogP contribution in [0.15, 0.2) is 42.5 Å². The maximum atomic E-state index is 13.5. The molecule has 1 aliphatic heterocycles. The molecular weight excluding hydrogens is 566 g/mol. The first-order valence-electron chi connectivity index (χ1n) is 14.9. The van der Waals surface area contributed by atoms with Gasteiger partial charge in [-0.3, -0.25) is 24.0 Å². The number of allylic oxidation sites excluding steroid dienone is 1. The predicted octanol–water partition coefficient (Wildman–Crippen LogP) is 1.78. The topological polar surface area (TPSA) is 172 Å². The van der Waals surface area contributed by atoms with Crippen molar-refractivity contribution in [1.29, 1.82) is 0 Å². The van der Waals surface area contributed by atoms with Crippen LogP contribution in [0.25, 0.3) is 0 Å². The Kier molecular flexibility index (Phi) is 14.2. The molecule has 0 aromatic heterocycles. The zero-order valence-corrected chi connectivity index (χ0v) is 26.5. The van der Waals surface area contributed by atoms with Crippen LogP contribution in [-0.4, -0.2) is 73.1 Å². The van der Waals surface area contributed by atoms with E-state index in [2.05, 4.69) is 26.6 Å². The number of carbonyl (C=O) groups is 6. The summed E-state index contributed by atoms with van der Waals surface area (Å²) in [5, 5.41) is 13.8. The van der Waals surface area contributed by atoms with Crippen molar-refractivity contribution in [2.75, 3.05) is 19.6 Å². The number of Topliss-reactive ketones (excluding diaryl/α,β-unsaturated/α-hetero) is 1. The first-order chi connectivity index (χ1) is 20.6. The molecule has 2 rings (SSSR count). The maximum Gasteiger partial charge on any atom is 0.408 e. The summed E-state index contributed by atoms with van der Waals surface area (Å²) >= 11 is 0. The first kappa shape index (κ1) is 36.1. The van der Waals surface area contributed by atoms with Gasteiger partial charge in [-0.2, -0.15) is 0 Å². The largest absolute Gasteiger partial charge is 0.445 e. The van der Waals surface area contributed by atoms with Gasteiger partial charge in [-0.15, -0.1) is 0 Å². The quantitative estimate of drug-likeness (QED) is 0.186. The number of nitrogens with one attached hydrogen (secondary N) is 5. The average Bonchev–Trinajstić information content (AvgIpc) is 3.35. The van der Waals surface area contributed by atoms with Crippen molar-refractivity contribution in [2.45, 2.75) is 79.1 Å². The van der Waals surface area contributed by atoms with Crippen molar-refractivity contribution >= 4 is 35.4 Å². The number of ether oxygens (including phenoxy) is 1. The van der Waals surface area contributed by atoms with Gasteiger partial charge in [-0.25, -0.2) is 4.79 Å². The van der Waals surface area contributed by atoms with Crippen LogP contribution in [0.5, 0.6) is 0 Å². The van der Waals surface area contributed by atoms with Gasteiger partial charge in [-0.05, 0) is 37.3 Å². The van der Waals surface area contributed by atoms with E-state index in [-0.39, 0.29) is 55.4 Å². The monoisotopic (exact) mass is 613 g/mol. The second-order valence-electron chi connectivity index (χ2n) is 12.5. The Labute approximate surface area is 259 Å². The molecule has 0 spiro atoms. The highest BCUT2D eigenvalue weighted by Gasteiger charge is 2.32. The number of ketones is 2. The molecule has 4 amide bonds. The van der Waals surface area contributed by atoms with Crippen LogP contribution >= 0.6 is 0 Å². The zero-order valence-electron chi connectivity index (χ0n) is 26.5. The number of amides is 4. The molecular formula is C32H47N5O7. The van der Waals surface area contributed by atoms with Crippen molar-refractivity contribution in [3.63, 3.8) is 0 Å². The van der Waals surface area contributed by atoms with Gasteiger partial charge < -0.3 is 31.3 Å². The Morgan fingerprint density at radius 3 is 2.23 bits per heavy atom. The van der Waals surface area contributed by atoms with Crippen molar-refractivity contribution in [1.82, 2.24) is 26.6 Å². The van der Waals surface area contributed by atoms with Crippen LogP contribution in [0.2, 0.25) is 0 Å². The van der Waals surface area contributed by atoms with Gasteiger partial charge in [0.25, 0.3) is 0 Å². The van der Waals surface area contributed by atoms with E-state index in [0.717, 1.165) is 5.56 Å². The molecule has 1 fully saturated rings. The second-order valence-corrected chi connectivity index (χ2v) is 12.5. The number of hydrogen-bond acceptors (Lipinski definition) is 8. The smallest absolute Gasteiger partial charge is 0.408 e. The summed E-state index contributed by atoms with van der Waals surface area (Å²) in [5.41, 5.74) is 0.00915. The molecule has 5 N–H and O–H groups in total. The lowest BCUT2D eigenvalue weighted by Gasteiger charge is -2.27. The Balaban J connectivity index is 2.19. The van der Waals surface area contributed by atoms with Crippen LogP contribution in [0.3, 0.4) is 0 Å². The normalized spacial score (nSPS) is 17.1. The van der Waals surface area contributed by atoms with E-state index in [4.69, 9.17) is 4.74 Å². The number of hydrogen-bond donors (Lipinski definition) is 5. The van der Waals surface area contributed by atoms with E-state index in [9.17, 15) is 28.8 Å². The van der Waals surface area contributed by atoms with Gasteiger partial charge in [-0.1, -0.05) is 71.0 Å². The Bertz CT molecular complexity index is 1190. The average molecular weight is 614 g/mol. The molecule has 0 radical (unpaired) electrons. The van der Waals surface area contributed by atoms with Crippen molar-refractivity contribution < 1.29 is 33.5 Å². The Hall–Kier alpha value is -4.06. The first-order valence-corrected chi connectivity index (χ1v) is 14.9. The molecule has 44 heavy (non-hydrogen) atoms. The van der Waals surface area contributed by atoms with Crippen molar-refractivity contribution in [2.24, 2.45) is 17.3 Å². The summed E-state index contributed by atoms with van der Waals surface area (Å²) in [5.74, 6) is -2.04. The number of benzene rings is 1. The third kappa shape index (κ3) is 13.1. The molecule has 1 aromatic carbocycles. The van der Waals surface area contributed by atoms with E-state index in [0.29, 0.717) is 13.0 Å². The molecule has 1 saturated heterocycles. The highest BCUT2D eigenvalue weighted by molar-refractivity contribution is 5.92. The minimum Gasteiger partial charge on any atom is -0.445 e. The standard InChI is InChI=1S/C32H47N5O7/c1-20(2)14-25(28(40)35-24(13-12-21(3)38)15-23-16-33-18-27(23)39)36-29(41)26(17-34-30(42)32(4,5)6)37-31(43)44-19-22-10-8-7-9-11-22/h7-13,20,23-26,33H,14-19H2,1-6H3,(H,34,42)(H,35,40)(H,36,41)(H,37,43)/b13-12+/t23-,24-,25+,26+/m1/s1. The van der Waals surface area contributed by atoms with Crippen LogP contribution in [0.1, 0.15) is 59.9 Å². The molecule has 242 valence electrons. The molecule has 0 aliphatic carbocycles.